The minimum absolute atomic E-state index is 0.145. The maximum atomic E-state index is 11.2. The van der Waals surface area contributed by atoms with Gasteiger partial charge in [0.15, 0.2) is 0 Å². The van der Waals surface area contributed by atoms with Gasteiger partial charge in [0.1, 0.15) is 11.5 Å². The second-order valence-electron chi connectivity index (χ2n) is 9.77. The Kier molecular flexibility index (Phi) is 7.20. The van der Waals surface area contributed by atoms with Crippen LogP contribution in [0, 0.1) is 26.2 Å². The van der Waals surface area contributed by atoms with Gasteiger partial charge in [-0.25, -0.2) is 0 Å². The third kappa shape index (κ3) is 5.74. The number of ether oxygens (including phenoxy) is 1. The topological polar surface area (TPSA) is 55.8 Å². The third-order valence-electron chi connectivity index (χ3n) is 5.92. The van der Waals surface area contributed by atoms with Gasteiger partial charge in [0.2, 0.25) is 0 Å². The zero-order valence-corrected chi connectivity index (χ0v) is 19.9. The van der Waals surface area contributed by atoms with Gasteiger partial charge in [-0.3, -0.25) is 4.79 Å². The van der Waals surface area contributed by atoms with E-state index in [1.165, 1.54) is 0 Å². The molecule has 0 heterocycles. The Morgan fingerprint density at radius 1 is 1.07 bits per heavy atom. The lowest BCUT2D eigenvalue weighted by molar-refractivity contribution is -0.147. The van der Waals surface area contributed by atoms with E-state index in [2.05, 4.69) is 54.6 Å². The largest absolute Gasteiger partial charge is 0.543 e. The fraction of sp³-hybridized carbons (Fsp3) is 0.682. The highest BCUT2D eigenvalue weighted by Crippen LogP contribution is 2.41. The van der Waals surface area contributed by atoms with E-state index in [1.807, 2.05) is 6.07 Å². The number of benzene rings is 1. The molecule has 0 amide bonds. The summed E-state index contributed by atoms with van der Waals surface area (Å²) in [5.74, 6) is 1.08. The van der Waals surface area contributed by atoms with E-state index in [9.17, 15) is 9.90 Å². The second kappa shape index (κ2) is 8.25. The highest BCUT2D eigenvalue weighted by Gasteiger charge is 2.39. The first-order valence-electron chi connectivity index (χ1n) is 9.76. The molecule has 5 heteroatoms. The molecule has 0 unspecified atom stereocenters. The van der Waals surface area contributed by atoms with Gasteiger partial charge < -0.3 is 14.3 Å². The zero-order valence-electron chi connectivity index (χ0n) is 18.9. The zero-order chi connectivity index (χ0) is 21.2. The van der Waals surface area contributed by atoms with Crippen molar-refractivity contribution >= 4 is 14.3 Å². The standard InChI is InChI=1S/C22H38O4Si/c1-15-14-18(25-13-11-12-22(7,8)20(23)24)16(2)17(3)19(15)26-27(9,10)21(4,5)6/h14H,11-13H2,1-10H3,(H,23,24). The molecule has 0 aliphatic heterocycles. The predicted octanol–water partition coefficient (Wildman–Crippen LogP) is 6.27. The maximum Gasteiger partial charge on any atom is 0.309 e. The van der Waals surface area contributed by atoms with E-state index in [4.69, 9.17) is 9.16 Å². The molecule has 0 atom stereocenters. The number of hydrogen-bond donors (Lipinski definition) is 1. The molecule has 0 fully saturated rings. The van der Waals surface area contributed by atoms with E-state index in [0.717, 1.165) is 28.2 Å². The van der Waals surface area contributed by atoms with Crippen LogP contribution in [0.5, 0.6) is 11.5 Å². The molecule has 154 valence electrons. The first kappa shape index (κ1) is 23.5. The lowest BCUT2D eigenvalue weighted by Crippen LogP contribution is -2.44. The summed E-state index contributed by atoms with van der Waals surface area (Å²) in [4.78, 5) is 11.2. The maximum absolute atomic E-state index is 11.2. The lowest BCUT2D eigenvalue weighted by atomic mass is 9.88. The predicted molar refractivity (Wildman–Crippen MR) is 115 cm³/mol. The molecule has 1 aromatic carbocycles. The van der Waals surface area contributed by atoms with Crippen LogP contribution in [-0.4, -0.2) is 26.0 Å². The van der Waals surface area contributed by atoms with E-state index in [1.54, 1.807) is 13.8 Å². The van der Waals surface area contributed by atoms with Crippen LogP contribution in [0.2, 0.25) is 18.1 Å². The first-order chi connectivity index (χ1) is 12.1. The van der Waals surface area contributed by atoms with E-state index < -0.39 is 19.7 Å². The van der Waals surface area contributed by atoms with Gasteiger partial charge in [0, 0.05) is 0 Å². The average molecular weight is 395 g/mol. The summed E-state index contributed by atoms with van der Waals surface area (Å²) in [6, 6.07) is 2.05. The first-order valence-corrected chi connectivity index (χ1v) is 12.7. The summed E-state index contributed by atoms with van der Waals surface area (Å²) in [7, 11) is -1.91. The highest BCUT2D eigenvalue weighted by atomic mass is 28.4. The summed E-state index contributed by atoms with van der Waals surface area (Å²) in [6.07, 6.45) is 1.30. The van der Waals surface area contributed by atoms with Crippen LogP contribution in [0.25, 0.3) is 0 Å². The second-order valence-corrected chi connectivity index (χ2v) is 14.5. The number of aliphatic carboxylic acids is 1. The number of carbonyl (C=O) groups is 1. The quantitative estimate of drug-likeness (QED) is 0.417. The summed E-state index contributed by atoms with van der Waals surface area (Å²) < 4.78 is 12.6. The fourth-order valence-corrected chi connectivity index (χ4v) is 3.67. The Hall–Kier alpha value is -1.49. The Labute approximate surface area is 166 Å². The number of rotatable bonds is 8. The van der Waals surface area contributed by atoms with Crippen molar-refractivity contribution < 1.29 is 19.1 Å². The lowest BCUT2D eigenvalue weighted by Gasteiger charge is -2.37. The van der Waals surface area contributed by atoms with Crippen LogP contribution in [0.15, 0.2) is 6.07 Å². The van der Waals surface area contributed by atoms with Crippen molar-refractivity contribution in [3.8, 4) is 11.5 Å². The molecule has 1 N–H and O–H groups in total. The molecule has 0 bridgehead atoms. The molecular formula is C22H38O4Si. The minimum atomic E-state index is -1.91. The minimum Gasteiger partial charge on any atom is -0.543 e. The Morgan fingerprint density at radius 2 is 1.63 bits per heavy atom. The van der Waals surface area contributed by atoms with Crippen molar-refractivity contribution in [2.45, 2.75) is 86.4 Å². The van der Waals surface area contributed by atoms with E-state index in [0.29, 0.717) is 19.4 Å². The normalized spacial score (nSPS) is 12.8. The Morgan fingerprint density at radius 3 is 2.11 bits per heavy atom. The van der Waals surface area contributed by atoms with E-state index >= 15 is 0 Å². The van der Waals surface area contributed by atoms with Crippen molar-refractivity contribution in [3.63, 3.8) is 0 Å². The molecule has 1 aromatic rings. The van der Waals surface area contributed by atoms with Crippen LogP contribution in [0.3, 0.4) is 0 Å². The van der Waals surface area contributed by atoms with Crippen molar-refractivity contribution in [2.24, 2.45) is 5.41 Å². The van der Waals surface area contributed by atoms with Crippen molar-refractivity contribution in [3.05, 3.63) is 22.8 Å². The molecule has 1 rings (SSSR count). The summed E-state index contributed by atoms with van der Waals surface area (Å²) in [5.41, 5.74) is 2.58. The number of aryl methyl sites for hydroxylation is 1. The number of carboxylic acids is 1. The molecule has 4 nitrogen and oxygen atoms in total. The molecule has 0 aliphatic carbocycles. The van der Waals surface area contributed by atoms with Crippen LogP contribution in [-0.2, 0) is 4.79 Å². The fourth-order valence-electron chi connectivity index (χ4n) is 2.54. The molecule has 27 heavy (non-hydrogen) atoms. The van der Waals surface area contributed by atoms with Gasteiger partial charge >= 0.3 is 5.97 Å². The smallest absolute Gasteiger partial charge is 0.309 e. The van der Waals surface area contributed by atoms with Gasteiger partial charge in [-0.05, 0) is 88.3 Å². The molecule has 0 saturated carbocycles. The summed E-state index contributed by atoms with van der Waals surface area (Å²) in [5, 5.41) is 9.35. The van der Waals surface area contributed by atoms with Gasteiger partial charge in [0.25, 0.3) is 8.32 Å². The van der Waals surface area contributed by atoms with Crippen LogP contribution < -0.4 is 9.16 Å². The SMILES string of the molecule is Cc1cc(OCCCC(C)(C)C(=O)O)c(C)c(C)c1O[Si](C)(C)C(C)(C)C. The van der Waals surface area contributed by atoms with Crippen LogP contribution in [0.4, 0.5) is 0 Å². The van der Waals surface area contributed by atoms with Crippen molar-refractivity contribution in [2.75, 3.05) is 6.61 Å². The molecule has 0 aliphatic rings. The van der Waals surface area contributed by atoms with Gasteiger partial charge in [-0.2, -0.15) is 0 Å². The summed E-state index contributed by atoms with van der Waals surface area (Å²) in [6.45, 7) is 21.5. The number of hydrogen-bond acceptors (Lipinski definition) is 3. The molecule has 0 radical (unpaired) electrons. The van der Waals surface area contributed by atoms with Gasteiger partial charge in [-0.1, -0.05) is 20.8 Å². The highest BCUT2D eigenvalue weighted by molar-refractivity contribution is 6.74. The average Bonchev–Trinajstić information content (AvgIpc) is 2.51. The monoisotopic (exact) mass is 394 g/mol. The Balaban J connectivity index is 2.91. The van der Waals surface area contributed by atoms with Crippen LogP contribution >= 0.6 is 0 Å². The van der Waals surface area contributed by atoms with Crippen LogP contribution in [0.1, 0.15) is 64.2 Å². The molecule has 0 aromatic heterocycles. The number of carboxylic acid groups (broad SMARTS) is 1. The summed E-state index contributed by atoms with van der Waals surface area (Å²) >= 11 is 0. The van der Waals surface area contributed by atoms with Crippen molar-refractivity contribution in [1.29, 1.82) is 0 Å². The van der Waals surface area contributed by atoms with E-state index in [-0.39, 0.29) is 5.04 Å². The van der Waals surface area contributed by atoms with Gasteiger partial charge in [0.05, 0.1) is 12.0 Å². The third-order valence-corrected chi connectivity index (χ3v) is 10.3. The molecule has 0 spiro atoms. The van der Waals surface area contributed by atoms with Gasteiger partial charge in [-0.15, -0.1) is 0 Å². The van der Waals surface area contributed by atoms with Crippen molar-refractivity contribution in [1.82, 2.24) is 0 Å². The molecule has 0 saturated heterocycles. The Bertz CT molecular complexity index is 685. The molecular weight excluding hydrogens is 356 g/mol.